The Bertz CT molecular complexity index is 2160. The molecule has 2 aliphatic carbocycles. The summed E-state index contributed by atoms with van der Waals surface area (Å²) in [6, 6.07) is 13.9. The first kappa shape index (κ1) is 52.0. The van der Waals surface area contributed by atoms with E-state index in [0.717, 1.165) is 67.2 Å². The highest BCUT2D eigenvalue weighted by molar-refractivity contribution is 5.78. The second kappa shape index (κ2) is 26.4. The normalized spacial score (nSPS) is 19.4. The molecule has 4 aliphatic rings. The zero-order valence-electron chi connectivity index (χ0n) is 40.2. The van der Waals surface area contributed by atoms with Crippen LogP contribution in [0.1, 0.15) is 137 Å². The van der Waals surface area contributed by atoms with Crippen LogP contribution in [0.5, 0.6) is 0 Å². The monoisotopic (exact) mass is 893 g/mol. The van der Waals surface area contributed by atoms with Gasteiger partial charge in [0.2, 0.25) is 5.91 Å². The zero-order valence-corrected chi connectivity index (χ0v) is 40.2. The van der Waals surface area contributed by atoms with Crippen molar-refractivity contribution in [1.82, 2.24) is 40.4 Å². The lowest BCUT2D eigenvalue weighted by molar-refractivity contribution is -0.133. The first-order valence-electron chi connectivity index (χ1n) is 22.9. The van der Waals surface area contributed by atoms with Gasteiger partial charge >= 0.3 is 0 Å². The van der Waals surface area contributed by atoms with Crippen LogP contribution in [-0.4, -0.2) is 116 Å². The predicted octanol–water partition coefficient (Wildman–Crippen LogP) is 7.55. The lowest BCUT2D eigenvalue weighted by atomic mass is 9.83. The molecule has 3 fully saturated rings. The molecule has 5 atom stereocenters. The van der Waals surface area contributed by atoms with Crippen LogP contribution in [0.2, 0.25) is 0 Å². The molecule has 2 saturated heterocycles. The smallest absolute Gasteiger partial charge is 0.292 e. The van der Waals surface area contributed by atoms with Crippen LogP contribution in [0.25, 0.3) is 22.4 Å². The SMILES string of the molecule is CC(C)CC(=O)N1CCC[C@H]1c1ncc(-c2ccc(-c3ccc(C#Cc4cnc(C5CCCN5C)[nH]4)c4c3C3CCC4C3)cc2)[nH]1.CNC.CNC(C=O)C(C)C.COC=O.COC=O. The summed E-state index contributed by atoms with van der Waals surface area (Å²) in [6.07, 6.45) is 13.5. The number of nitrogens with zero attached hydrogens (tertiary/aromatic N) is 4. The van der Waals surface area contributed by atoms with E-state index in [4.69, 9.17) is 14.6 Å². The summed E-state index contributed by atoms with van der Waals surface area (Å²) in [5.41, 5.74) is 9.79. The van der Waals surface area contributed by atoms with Crippen LogP contribution in [-0.2, 0) is 28.7 Å². The van der Waals surface area contributed by atoms with Gasteiger partial charge in [-0.2, -0.15) is 0 Å². The Morgan fingerprint density at radius 2 is 1.38 bits per heavy atom. The van der Waals surface area contributed by atoms with Gasteiger partial charge in [0, 0.05) is 18.5 Å². The topological polar surface area (TPSA) is 175 Å². The van der Waals surface area contributed by atoms with Crippen molar-refractivity contribution in [3.05, 3.63) is 82.8 Å². The molecule has 0 spiro atoms. The second-order valence-corrected chi connectivity index (χ2v) is 17.7. The number of benzene rings is 2. The van der Waals surface area contributed by atoms with Gasteiger partial charge < -0.3 is 39.8 Å². The Balaban J connectivity index is 0.000000414. The number of nitrogens with one attached hydrogen (secondary N) is 4. The maximum Gasteiger partial charge on any atom is 0.292 e. The van der Waals surface area contributed by atoms with Crippen molar-refractivity contribution in [3.63, 3.8) is 0 Å². The maximum atomic E-state index is 12.9. The minimum Gasteiger partial charge on any atom is -0.471 e. The zero-order chi connectivity index (χ0) is 47.5. The number of aromatic amines is 2. The number of likely N-dealkylation sites (tertiary alicyclic amines) is 2. The highest BCUT2D eigenvalue weighted by atomic mass is 16.5. The van der Waals surface area contributed by atoms with E-state index >= 15 is 0 Å². The Hall–Kier alpha value is -5.62. The number of imidazole rings is 2. The number of fused-ring (bicyclic) bond motifs is 5. The van der Waals surface area contributed by atoms with Crippen molar-refractivity contribution in [1.29, 1.82) is 0 Å². The summed E-state index contributed by atoms with van der Waals surface area (Å²) in [5.74, 6) is 11.1. The number of hydrogen-bond acceptors (Lipinski definition) is 11. The van der Waals surface area contributed by atoms with Gasteiger partial charge in [-0.1, -0.05) is 63.9 Å². The average Bonchev–Trinajstić information content (AvgIpc) is 4.17. The second-order valence-electron chi connectivity index (χ2n) is 17.7. The van der Waals surface area contributed by atoms with Gasteiger partial charge in [0.15, 0.2) is 0 Å². The third-order valence-corrected chi connectivity index (χ3v) is 12.3. The van der Waals surface area contributed by atoms with Crippen molar-refractivity contribution < 1.29 is 28.7 Å². The molecule has 0 radical (unpaired) electrons. The van der Waals surface area contributed by atoms with Gasteiger partial charge in [0.25, 0.3) is 12.9 Å². The van der Waals surface area contributed by atoms with E-state index in [2.05, 4.69) is 109 Å². The fourth-order valence-corrected chi connectivity index (χ4v) is 9.20. The Morgan fingerprint density at radius 1 is 0.800 bits per heavy atom. The van der Waals surface area contributed by atoms with Gasteiger partial charge in [-0.3, -0.25) is 19.3 Å². The number of aromatic nitrogens is 4. The van der Waals surface area contributed by atoms with E-state index in [1.54, 1.807) is 7.05 Å². The molecular weight excluding hydrogens is 821 g/mol. The van der Waals surface area contributed by atoms with Crippen molar-refractivity contribution in [2.24, 2.45) is 11.8 Å². The third-order valence-electron chi connectivity index (χ3n) is 12.3. The van der Waals surface area contributed by atoms with Crippen molar-refractivity contribution in [2.45, 2.75) is 109 Å². The molecule has 65 heavy (non-hydrogen) atoms. The number of ether oxygens (including phenoxy) is 2. The number of methoxy groups -OCH3 is 2. The predicted molar refractivity (Wildman–Crippen MR) is 256 cm³/mol. The third kappa shape index (κ3) is 13.9. The molecule has 14 heteroatoms. The molecule has 2 bridgehead atoms. The molecule has 2 aromatic carbocycles. The van der Waals surface area contributed by atoms with Crippen molar-refractivity contribution >= 4 is 25.1 Å². The Kier molecular flexibility index (Phi) is 21.1. The summed E-state index contributed by atoms with van der Waals surface area (Å²) >= 11 is 0. The minimum absolute atomic E-state index is 0.0231. The molecule has 1 amide bonds. The van der Waals surface area contributed by atoms with Gasteiger partial charge in [-0.25, -0.2) is 9.97 Å². The van der Waals surface area contributed by atoms with Crippen LogP contribution >= 0.6 is 0 Å². The molecule has 4 aromatic rings. The van der Waals surface area contributed by atoms with Crippen LogP contribution in [0.4, 0.5) is 0 Å². The fraction of sp³-hybridized carbons (Fsp3) is 0.529. The number of carbonyl (C=O) groups is 4. The lowest BCUT2D eigenvalue weighted by Gasteiger charge is -2.24. The molecule has 1 saturated carbocycles. The summed E-state index contributed by atoms with van der Waals surface area (Å²) < 4.78 is 7.72. The lowest BCUT2D eigenvalue weighted by Crippen LogP contribution is -2.31. The highest BCUT2D eigenvalue weighted by Crippen LogP contribution is 2.56. The maximum absolute atomic E-state index is 12.9. The number of likely N-dealkylation sites (N-methyl/N-ethyl adjacent to an activating group) is 1. The van der Waals surface area contributed by atoms with Crippen LogP contribution in [0.15, 0.2) is 48.8 Å². The number of aldehydes is 1. The summed E-state index contributed by atoms with van der Waals surface area (Å²) in [7, 11) is 10.3. The van der Waals surface area contributed by atoms with Gasteiger partial charge in [-0.15, -0.1) is 0 Å². The number of carbonyl (C=O) groups excluding carboxylic acids is 4. The van der Waals surface area contributed by atoms with E-state index < -0.39 is 0 Å². The first-order chi connectivity index (χ1) is 31.4. The summed E-state index contributed by atoms with van der Waals surface area (Å²) in [5, 5.41) is 5.63. The van der Waals surface area contributed by atoms with Crippen LogP contribution in [0, 0.1) is 23.7 Å². The molecule has 2 aliphatic heterocycles. The Morgan fingerprint density at radius 3 is 1.94 bits per heavy atom. The van der Waals surface area contributed by atoms with E-state index in [1.165, 1.54) is 67.7 Å². The van der Waals surface area contributed by atoms with Gasteiger partial charge in [0.05, 0.1) is 50.4 Å². The average molecular weight is 893 g/mol. The number of rotatable bonds is 11. The summed E-state index contributed by atoms with van der Waals surface area (Å²) in [4.78, 5) is 61.7. The largest absolute Gasteiger partial charge is 0.471 e. The standard InChI is InChI=1S/C39H44N6O.C6H13NO.C2H7N.2C2H4O2/c1-24(2)20-35(46)45-19-5-7-34(45)39-41-23-32(43-39)26-10-8-25(9-11-26)31-17-15-27(36-28-12-13-29(21-28)37(31)36)14-16-30-22-40-38(42-30)33-6-4-18-44(33)3;1-5(2)6(4-8)7-3;1-3-2;2*1-4-2-3/h8-11,15,17,22-24,28-29,33-34H,4-7,12-13,18-21H2,1-3H3,(H,40,42)(H,41,43);4-7H,1-3H3;3H,1-2H3;2*2H,1H3/t28?,29?,33?,34-;;;;/m0..../s1. The van der Waals surface area contributed by atoms with Crippen molar-refractivity contribution in [3.8, 4) is 34.2 Å². The molecule has 4 N–H and O–H groups in total. The van der Waals surface area contributed by atoms with E-state index in [1.807, 2.05) is 45.2 Å². The van der Waals surface area contributed by atoms with E-state index in [0.29, 0.717) is 49.1 Å². The molecule has 2 aromatic heterocycles. The molecule has 4 heterocycles. The van der Waals surface area contributed by atoms with Crippen LogP contribution < -0.4 is 10.6 Å². The summed E-state index contributed by atoms with van der Waals surface area (Å²) in [6.45, 7) is 10.9. The van der Waals surface area contributed by atoms with Crippen LogP contribution in [0.3, 0.4) is 0 Å². The fourth-order valence-electron chi connectivity index (χ4n) is 9.20. The molecule has 8 rings (SSSR count). The number of H-pyrrole nitrogens is 2. The van der Waals surface area contributed by atoms with Crippen molar-refractivity contribution in [2.75, 3.05) is 55.5 Å². The molecule has 4 unspecified atom stereocenters. The highest BCUT2D eigenvalue weighted by Gasteiger charge is 2.40. The molecule has 352 valence electrons. The van der Waals surface area contributed by atoms with E-state index in [-0.39, 0.29) is 18.0 Å². The number of amides is 1. The Labute approximate surface area is 386 Å². The molecular formula is C51H72N8O6. The number of hydrogen-bond donors (Lipinski definition) is 4. The van der Waals surface area contributed by atoms with Gasteiger partial charge in [0.1, 0.15) is 23.6 Å². The van der Waals surface area contributed by atoms with E-state index in [9.17, 15) is 9.59 Å². The van der Waals surface area contributed by atoms with Gasteiger partial charge in [-0.05, 0) is 143 Å². The minimum atomic E-state index is 0.0231. The molecule has 14 nitrogen and oxygen atoms in total. The first-order valence-corrected chi connectivity index (χ1v) is 22.9. The quantitative estimate of drug-likeness (QED) is 0.0865.